The van der Waals surface area contributed by atoms with E-state index in [2.05, 4.69) is 0 Å². The van der Waals surface area contributed by atoms with E-state index in [0.717, 1.165) is 18.9 Å². The highest BCUT2D eigenvalue weighted by molar-refractivity contribution is 5.20. The van der Waals surface area contributed by atoms with Gasteiger partial charge >= 0.3 is 0 Å². The third-order valence-electron chi connectivity index (χ3n) is 2.97. The first-order chi connectivity index (χ1) is 6.66. The fraction of sp³-hybridized carbons (Fsp3) is 0.455. The molecule has 2 atom stereocenters. The molecule has 2 unspecified atom stereocenters. The van der Waals surface area contributed by atoms with Crippen molar-refractivity contribution in [3.05, 3.63) is 35.4 Å². The van der Waals surface area contributed by atoms with Crippen LogP contribution in [0.4, 0.5) is 8.78 Å². The molecule has 0 aromatic heterocycles. The van der Waals surface area contributed by atoms with Crippen molar-refractivity contribution in [3.63, 3.8) is 0 Å². The summed E-state index contributed by atoms with van der Waals surface area (Å²) in [6, 6.07) is 3.74. The molecule has 1 aromatic rings. The van der Waals surface area contributed by atoms with Crippen molar-refractivity contribution >= 4 is 0 Å². The third kappa shape index (κ3) is 1.77. The maximum Gasteiger partial charge on any atom is 0.126 e. The van der Waals surface area contributed by atoms with Gasteiger partial charge in [0.05, 0.1) is 0 Å². The van der Waals surface area contributed by atoms with Crippen molar-refractivity contribution in [2.75, 3.05) is 0 Å². The lowest BCUT2D eigenvalue weighted by Crippen LogP contribution is -2.40. The van der Waals surface area contributed by atoms with Crippen LogP contribution in [0.1, 0.15) is 18.4 Å². The Kier molecular flexibility index (Phi) is 2.50. The van der Waals surface area contributed by atoms with Crippen LogP contribution in [0.2, 0.25) is 0 Å². The van der Waals surface area contributed by atoms with Gasteiger partial charge < -0.3 is 5.73 Å². The predicted molar refractivity (Wildman–Crippen MR) is 50.8 cm³/mol. The summed E-state index contributed by atoms with van der Waals surface area (Å²) in [4.78, 5) is 0. The second-order valence-electron chi connectivity index (χ2n) is 3.94. The first-order valence-electron chi connectivity index (χ1n) is 4.86. The number of hydrogen-bond acceptors (Lipinski definition) is 1. The molecule has 2 N–H and O–H groups in total. The average molecular weight is 197 g/mol. The van der Waals surface area contributed by atoms with Crippen LogP contribution >= 0.6 is 0 Å². The molecule has 1 saturated carbocycles. The highest BCUT2D eigenvalue weighted by atomic mass is 19.1. The molecule has 1 aliphatic carbocycles. The van der Waals surface area contributed by atoms with E-state index < -0.39 is 0 Å². The summed E-state index contributed by atoms with van der Waals surface area (Å²) in [6.45, 7) is 0. The second-order valence-corrected chi connectivity index (χ2v) is 3.94. The minimum atomic E-state index is -0.380. The van der Waals surface area contributed by atoms with E-state index in [1.165, 1.54) is 12.1 Å². The Balaban J connectivity index is 2.11. The van der Waals surface area contributed by atoms with Crippen LogP contribution in [0.25, 0.3) is 0 Å². The van der Waals surface area contributed by atoms with E-state index >= 15 is 0 Å². The molecule has 1 aromatic carbocycles. The largest absolute Gasteiger partial charge is 0.327 e. The van der Waals surface area contributed by atoms with Crippen LogP contribution in [-0.4, -0.2) is 6.04 Å². The summed E-state index contributed by atoms with van der Waals surface area (Å²) in [5.74, 6) is -0.383. The zero-order chi connectivity index (χ0) is 10.1. The molecule has 76 valence electrons. The first kappa shape index (κ1) is 9.59. The highest BCUT2D eigenvalue weighted by Gasteiger charge is 2.28. The van der Waals surface area contributed by atoms with Gasteiger partial charge in [0.2, 0.25) is 0 Å². The molecule has 1 fully saturated rings. The molecule has 0 bridgehead atoms. The van der Waals surface area contributed by atoms with Gasteiger partial charge in [-0.05, 0) is 48.9 Å². The molecule has 0 amide bonds. The molecular formula is C11H13F2N. The van der Waals surface area contributed by atoms with Crippen molar-refractivity contribution in [1.29, 1.82) is 0 Å². The molecule has 14 heavy (non-hydrogen) atoms. The molecule has 0 spiro atoms. The average Bonchev–Trinajstić information content (AvgIpc) is 2.17. The number of nitrogens with two attached hydrogens (primary N) is 1. The van der Waals surface area contributed by atoms with Gasteiger partial charge in [0.1, 0.15) is 11.6 Å². The minimum absolute atomic E-state index is 0.165. The first-order valence-corrected chi connectivity index (χ1v) is 4.86. The summed E-state index contributed by atoms with van der Waals surface area (Å²) >= 11 is 0. The molecule has 0 saturated heterocycles. The molecule has 2 rings (SSSR count). The quantitative estimate of drug-likeness (QED) is 0.773. The Bertz CT molecular complexity index is 338. The maximum atomic E-state index is 13.2. The van der Waals surface area contributed by atoms with E-state index in [1.54, 1.807) is 0 Å². The summed E-state index contributed by atoms with van der Waals surface area (Å²) in [5, 5.41) is 0. The summed E-state index contributed by atoms with van der Waals surface area (Å²) in [5.41, 5.74) is 6.19. The van der Waals surface area contributed by atoms with Gasteiger partial charge in [0.25, 0.3) is 0 Å². The molecule has 1 nitrogen and oxygen atoms in total. The Labute approximate surface area is 81.9 Å². The number of halogens is 2. The van der Waals surface area contributed by atoms with Crippen LogP contribution in [0.3, 0.4) is 0 Å². The van der Waals surface area contributed by atoms with Gasteiger partial charge in [-0.3, -0.25) is 0 Å². The monoisotopic (exact) mass is 197 g/mol. The Morgan fingerprint density at radius 1 is 1.29 bits per heavy atom. The predicted octanol–water partition coefficient (Wildman–Crippen LogP) is 2.24. The highest BCUT2D eigenvalue weighted by Crippen LogP contribution is 2.29. The smallest absolute Gasteiger partial charge is 0.126 e. The summed E-state index contributed by atoms with van der Waals surface area (Å²) in [7, 11) is 0. The minimum Gasteiger partial charge on any atom is -0.327 e. The van der Waals surface area contributed by atoms with E-state index in [9.17, 15) is 8.78 Å². The molecule has 0 radical (unpaired) electrons. The molecule has 0 heterocycles. The van der Waals surface area contributed by atoms with E-state index in [4.69, 9.17) is 5.73 Å². The fourth-order valence-corrected chi connectivity index (χ4v) is 1.83. The molecule has 0 aliphatic heterocycles. The lowest BCUT2D eigenvalue weighted by atomic mass is 9.76. The van der Waals surface area contributed by atoms with Crippen molar-refractivity contribution in [2.24, 2.45) is 11.7 Å². The zero-order valence-electron chi connectivity index (χ0n) is 7.84. The van der Waals surface area contributed by atoms with Gasteiger partial charge in [0.15, 0.2) is 0 Å². The summed E-state index contributed by atoms with van der Waals surface area (Å²) in [6.07, 6.45) is 2.59. The van der Waals surface area contributed by atoms with E-state index in [1.807, 2.05) is 0 Å². The van der Waals surface area contributed by atoms with Crippen LogP contribution < -0.4 is 5.73 Å². The lowest BCUT2D eigenvalue weighted by Gasteiger charge is -2.33. The number of rotatable bonds is 2. The van der Waals surface area contributed by atoms with Crippen molar-refractivity contribution in [3.8, 4) is 0 Å². The summed E-state index contributed by atoms with van der Waals surface area (Å²) < 4.78 is 26.0. The Hall–Kier alpha value is -0.960. The van der Waals surface area contributed by atoms with Crippen molar-refractivity contribution in [1.82, 2.24) is 0 Å². The van der Waals surface area contributed by atoms with Crippen molar-refractivity contribution in [2.45, 2.75) is 25.3 Å². The topological polar surface area (TPSA) is 26.0 Å². The SMILES string of the molecule is NC1CCC1Cc1cc(F)ccc1F. The molecule has 3 heteroatoms. The van der Waals surface area contributed by atoms with Gasteiger partial charge in [0, 0.05) is 6.04 Å². The second kappa shape index (κ2) is 3.65. The molecule has 1 aliphatic rings. The van der Waals surface area contributed by atoms with Gasteiger partial charge in [-0.1, -0.05) is 0 Å². The Morgan fingerprint density at radius 3 is 2.64 bits per heavy atom. The van der Waals surface area contributed by atoms with Gasteiger partial charge in [-0.25, -0.2) is 8.78 Å². The van der Waals surface area contributed by atoms with Crippen LogP contribution in [0.5, 0.6) is 0 Å². The molecular weight excluding hydrogens is 184 g/mol. The number of hydrogen-bond donors (Lipinski definition) is 1. The van der Waals surface area contributed by atoms with E-state index in [0.29, 0.717) is 17.9 Å². The third-order valence-corrected chi connectivity index (χ3v) is 2.97. The van der Waals surface area contributed by atoms with E-state index in [-0.39, 0.29) is 17.7 Å². The van der Waals surface area contributed by atoms with Crippen molar-refractivity contribution < 1.29 is 8.78 Å². The lowest BCUT2D eigenvalue weighted by molar-refractivity contribution is 0.253. The van der Waals surface area contributed by atoms with Gasteiger partial charge in [-0.15, -0.1) is 0 Å². The normalized spacial score (nSPS) is 25.9. The number of benzene rings is 1. The maximum absolute atomic E-state index is 13.2. The zero-order valence-corrected chi connectivity index (χ0v) is 7.84. The van der Waals surface area contributed by atoms with Crippen LogP contribution in [-0.2, 0) is 6.42 Å². The van der Waals surface area contributed by atoms with Crippen LogP contribution in [0.15, 0.2) is 18.2 Å². The Morgan fingerprint density at radius 2 is 2.07 bits per heavy atom. The fourth-order valence-electron chi connectivity index (χ4n) is 1.83. The standard InChI is InChI=1S/C11H13F2N/c12-9-2-3-10(13)8(6-9)5-7-1-4-11(7)14/h2-3,6-7,11H,1,4-5,14H2. The van der Waals surface area contributed by atoms with Crippen LogP contribution in [0, 0.1) is 17.6 Å². The van der Waals surface area contributed by atoms with Gasteiger partial charge in [-0.2, -0.15) is 0 Å².